The van der Waals surface area contributed by atoms with Crippen molar-refractivity contribution in [1.82, 2.24) is 9.82 Å². The van der Waals surface area contributed by atoms with Crippen LogP contribution in [-0.4, -0.2) is 13.4 Å². The van der Waals surface area contributed by atoms with Gasteiger partial charge in [-0.1, -0.05) is 107 Å². The fraction of sp³-hybridized carbons (Fsp3) is 0.486. The zero-order valence-electron chi connectivity index (χ0n) is 27.6. The van der Waals surface area contributed by atoms with E-state index in [1.807, 2.05) is 6.92 Å². The molecule has 7 heteroatoms. The van der Waals surface area contributed by atoms with Gasteiger partial charge < -0.3 is 4.42 Å². The number of benzene rings is 3. The van der Waals surface area contributed by atoms with Crippen LogP contribution in [0.3, 0.4) is 0 Å². The minimum atomic E-state index is -3.91. The Balaban J connectivity index is 2.18. The number of aryl methyl sites for hydroxylation is 1. The third-order valence-corrected chi connectivity index (χ3v) is 8.86. The second-order valence-corrected chi connectivity index (χ2v) is 17.3. The minimum absolute atomic E-state index is 0.106. The summed E-state index contributed by atoms with van der Waals surface area (Å²) in [5, 5.41) is 5.05. The van der Waals surface area contributed by atoms with Crippen LogP contribution in [0.2, 0.25) is 0 Å². The van der Waals surface area contributed by atoms with Gasteiger partial charge in [-0.15, -0.1) is 0 Å². The zero-order chi connectivity index (χ0) is 31.6. The Bertz CT molecular complexity index is 1790. The molecule has 0 fully saturated rings. The number of fused-ring (bicyclic) bond motifs is 2. The summed E-state index contributed by atoms with van der Waals surface area (Å²) in [6.45, 7) is 27.8. The first-order chi connectivity index (χ1) is 19.0. The standard InChI is InChI=1S/C35H47N3O3S/c1-21-14-16-23(17-15-21)42(39,40)38-37-28-24(33(5,6)7)20-26(35(11,12)13)31-29(28)36-27-19-22(32(2,3)4)18-25(30(27)41-31)34(8,9)10/h14-20,38H,1-13H3/b37-28-. The fourth-order valence-electron chi connectivity index (χ4n) is 4.98. The fourth-order valence-corrected chi connectivity index (χ4v) is 5.79. The normalized spacial score (nSPS) is 14.2. The molecule has 4 rings (SSSR count). The molecule has 0 amide bonds. The van der Waals surface area contributed by atoms with Crippen LogP contribution in [0.1, 0.15) is 111 Å². The SMILES string of the molecule is Cc1ccc(S(=O)(=O)N/N=c2/c(C(C)(C)C)cc(C(C)(C)C)c3oc4c(C(C)(C)C)cc(C(C)(C)C)cc4nc2-3)cc1. The van der Waals surface area contributed by atoms with E-state index >= 15 is 0 Å². The monoisotopic (exact) mass is 589 g/mol. The Labute approximate surface area is 252 Å². The van der Waals surface area contributed by atoms with Crippen LogP contribution in [0.25, 0.3) is 22.6 Å². The number of hydrogen-bond acceptors (Lipinski definition) is 5. The molecule has 2 aromatic carbocycles. The van der Waals surface area contributed by atoms with Crippen LogP contribution >= 0.6 is 0 Å². The molecule has 0 atom stereocenters. The van der Waals surface area contributed by atoms with Crippen molar-refractivity contribution in [3.8, 4) is 11.5 Å². The third-order valence-electron chi connectivity index (χ3n) is 7.63. The van der Waals surface area contributed by atoms with E-state index < -0.39 is 10.0 Å². The summed E-state index contributed by atoms with van der Waals surface area (Å²) in [7, 11) is -3.91. The van der Waals surface area contributed by atoms with Gasteiger partial charge in [0.05, 0.1) is 4.90 Å². The number of sulfonamides is 1. The van der Waals surface area contributed by atoms with Gasteiger partial charge in [0.15, 0.2) is 11.3 Å². The number of hydrogen-bond donors (Lipinski definition) is 1. The highest BCUT2D eigenvalue weighted by atomic mass is 32.2. The van der Waals surface area contributed by atoms with Crippen LogP contribution < -0.4 is 10.2 Å². The van der Waals surface area contributed by atoms with E-state index in [4.69, 9.17) is 9.40 Å². The summed E-state index contributed by atoms with van der Waals surface area (Å²) in [6.07, 6.45) is 0. The molecule has 2 aliphatic rings. The van der Waals surface area contributed by atoms with Crippen molar-refractivity contribution in [1.29, 1.82) is 0 Å². The molecule has 0 radical (unpaired) electrons. The minimum Gasteiger partial charge on any atom is -0.452 e. The van der Waals surface area contributed by atoms with Crippen molar-refractivity contribution in [2.24, 2.45) is 5.10 Å². The Morgan fingerprint density at radius 1 is 0.714 bits per heavy atom. The Kier molecular flexibility index (Phi) is 7.72. The average Bonchev–Trinajstić information content (AvgIpc) is 2.82. The molecule has 226 valence electrons. The lowest BCUT2D eigenvalue weighted by Crippen LogP contribution is -2.32. The topological polar surface area (TPSA) is 84.6 Å². The van der Waals surface area contributed by atoms with Gasteiger partial charge in [-0.25, -0.2) is 4.98 Å². The molecule has 0 bridgehead atoms. The van der Waals surface area contributed by atoms with Gasteiger partial charge in [-0.2, -0.15) is 18.4 Å². The van der Waals surface area contributed by atoms with Crippen LogP contribution in [-0.2, 0) is 31.7 Å². The number of aromatic nitrogens is 1. The van der Waals surface area contributed by atoms with Gasteiger partial charge in [0.2, 0.25) is 0 Å². The van der Waals surface area contributed by atoms with E-state index in [2.05, 4.69) is 111 Å². The largest absolute Gasteiger partial charge is 0.452 e. The summed E-state index contributed by atoms with van der Waals surface area (Å²) >= 11 is 0. The molecular formula is C35H47N3O3S. The van der Waals surface area contributed by atoms with Crippen molar-refractivity contribution >= 4 is 21.1 Å². The van der Waals surface area contributed by atoms with E-state index in [0.717, 1.165) is 38.9 Å². The average molecular weight is 590 g/mol. The Morgan fingerprint density at radius 3 is 1.76 bits per heavy atom. The molecule has 0 saturated heterocycles. The lowest BCUT2D eigenvalue weighted by atomic mass is 9.78. The van der Waals surface area contributed by atoms with Crippen LogP contribution in [0.15, 0.2) is 56.9 Å². The quantitative estimate of drug-likeness (QED) is 0.193. The predicted molar refractivity (Wildman–Crippen MR) is 172 cm³/mol. The lowest BCUT2D eigenvalue weighted by Gasteiger charge is -2.30. The van der Waals surface area contributed by atoms with E-state index in [1.54, 1.807) is 24.3 Å². The summed E-state index contributed by atoms with van der Waals surface area (Å²) in [5.74, 6) is 0.616. The highest BCUT2D eigenvalue weighted by molar-refractivity contribution is 7.89. The van der Waals surface area contributed by atoms with Gasteiger partial charge in [0.1, 0.15) is 16.6 Å². The van der Waals surface area contributed by atoms with Gasteiger partial charge in [0.25, 0.3) is 10.0 Å². The highest BCUT2D eigenvalue weighted by Gasteiger charge is 2.32. The molecule has 1 aliphatic carbocycles. The van der Waals surface area contributed by atoms with E-state index in [-0.39, 0.29) is 26.6 Å². The molecule has 2 aromatic rings. The smallest absolute Gasteiger partial charge is 0.276 e. The van der Waals surface area contributed by atoms with Crippen LogP contribution in [0, 0.1) is 6.92 Å². The summed E-state index contributed by atoms with van der Waals surface area (Å²) < 4.78 is 33.5. The third kappa shape index (κ3) is 6.26. The first-order valence-electron chi connectivity index (χ1n) is 14.6. The molecule has 42 heavy (non-hydrogen) atoms. The van der Waals surface area contributed by atoms with Gasteiger partial charge in [0, 0.05) is 11.1 Å². The first-order valence-corrected chi connectivity index (χ1v) is 16.1. The maximum absolute atomic E-state index is 13.3. The number of nitrogens with zero attached hydrogens (tertiary/aromatic N) is 2. The van der Waals surface area contributed by atoms with Crippen molar-refractivity contribution < 1.29 is 12.8 Å². The molecule has 0 unspecified atom stereocenters. The molecule has 0 aromatic heterocycles. The van der Waals surface area contributed by atoms with Crippen molar-refractivity contribution in [3.63, 3.8) is 0 Å². The second kappa shape index (κ2) is 10.2. The summed E-state index contributed by atoms with van der Waals surface area (Å²) in [6, 6.07) is 13.2. The molecule has 1 heterocycles. The maximum atomic E-state index is 13.3. The highest BCUT2D eigenvalue weighted by Crippen LogP contribution is 2.40. The Morgan fingerprint density at radius 2 is 1.26 bits per heavy atom. The van der Waals surface area contributed by atoms with Gasteiger partial charge in [-0.05, 0) is 64.0 Å². The molecule has 1 N–H and O–H groups in total. The van der Waals surface area contributed by atoms with Gasteiger partial charge >= 0.3 is 0 Å². The Hall–Kier alpha value is -3.19. The lowest BCUT2D eigenvalue weighted by molar-refractivity contribution is 0.517. The molecule has 0 saturated carbocycles. The van der Waals surface area contributed by atoms with Crippen molar-refractivity contribution in [2.45, 2.75) is 117 Å². The van der Waals surface area contributed by atoms with Crippen LogP contribution in [0.4, 0.5) is 0 Å². The maximum Gasteiger partial charge on any atom is 0.276 e. The molecular weight excluding hydrogens is 542 g/mol. The number of rotatable bonds is 3. The van der Waals surface area contributed by atoms with E-state index in [1.165, 1.54) is 0 Å². The van der Waals surface area contributed by atoms with Gasteiger partial charge in [-0.3, -0.25) is 0 Å². The molecule has 1 aliphatic heterocycles. The second-order valence-electron chi connectivity index (χ2n) is 15.6. The number of nitrogens with one attached hydrogen (secondary N) is 1. The zero-order valence-corrected chi connectivity index (χ0v) is 28.4. The predicted octanol–water partition coefficient (Wildman–Crippen LogP) is 8.23. The molecule has 0 spiro atoms. The van der Waals surface area contributed by atoms with Crippen molar-refractivity contribution in [3.05, 3.63) is 75.6 Å². The van der Waals surface area contributed by atoms with E-state index in [9.17, 15) is 8.42 Å². The first kappa shape index (κ1) is 31.7. The summed E-state index contributed by atoms with van der Waals surface area (Å²) in [4.78, 5) is 7.90. The van der Waals surface area contributed by atoms with E-state index in [0.29, 0.717) is 16.8 Å². The van der Waals surface area contributed by atoms with Crippen LogP contribution in [0.5, 0.6) is 0 Å². The summed E-state index contributed by atoms with van der Waals surface area (Å²) in [5.41, 5.74) is 6.17. The van der Waals surface area contributed by atoms with Crippen molar-refractivity contribution in [2.75, 3.05) is 0 Å². The molecule has 6 nitrogen and oxygen atoms in total.